The predicted octanol–water partition coefficient (Wildman–Crippen LogP) is -2.21. The van der Waals surface area contributed by atoms with E-state index < -0.39 is 6.29 Å². The molecule has 4 rings (SSSR count). The number of aliphatic hydroxyl groups is 1. The third kappa shape index (κ3) is 2.40. The molecule has 5 nitrogen and oxygen atoms in total. The molecule has 7 unspecified atom stereocenters. The predicted molar refractivity (Wildman–Crippen MR) is 74.5 cm³/mol. The van der Waals surface area contributed by atoms with Crippen molar-refractivity contribution >= 4 is 28.6 Å². The molecule has 2 aliphatic carbocycles. The van der Waals surface area contributed by atoms with Gasteiger partial charge in [0.1, 0.15) is 0 Å². The van der Waals surface area contributed by atoms with Crippen molar-refractivity contribution in [2.24, 2.45) is 17.3 Å². The normalized spacial score (nSPS) is 51.0. The molecule has 2 bridgehead atoms. The molecule has 0 amide bonds. The number of nitrogens with one attached hydrogen (secondary N) is 1. The Bertz CT molecular complexity index is 433. The number of esters is 1. The number of hydrogen-bond donors (Lipinski definition) is 2. The third-order valence-corrected chi connectivity index (χ3v) is 9.96. The topological polar surface area (TPSA) is 77.7 Å². The number of hydrogen-bond acceptors (Lipinski definition) is 5. The van der Waals surface area contributed by atoms with Crippen LogP contribution in [0.5, 0.6) is 0 Å². The van der Waals surface area contributed by atoms with Gasteiger partial charge in [-0.05, 0) is 0 Å². The Balaban J connectivity index is 1.37. The van der Waals surface area contributed by atoms with Crippen LogP contribution >= 0.6 is 22.6 Å². The summed E-state index contributed by atoms with van der Waals surface area (Å²) in [4.78, 5) is 12.1. The van der Waals surface area contributed by atoms with Crippen LogP contribution in [-0.2, 0) is 14.3 Å². The zero-order valence-electron chi connectivity index (χ0n) is 10.9. The van der Waals surface area contributed by atoms with Crippen LogP contribution in [-0.4, -0.2) is 38.0 Å². The number of ether oxygens (including phenoxy) is 2. The van der Waals surface area contributed by atoms with E-state index >= 15 is 0 Å². The Kier molecular flexibility index (Phi) is 3.73. The maximum atomic E-state index is 12.1. The van der Waals surface area contributed by atoms with E-state index in [2.05, 4.69) is 26.1 Å². The molecular formula is C13H18I2NO4-. The summed E-state index contributed by atoms with van der Waals surface area (Å²) in [6, 6.07) is 0. The van der Waals surface area contributed by atoms with Crippen molar-refractivity contribution in [3.63, 3.8) is 0 Å². The van der Waals surface area contributed by atoms with Crippen LogP contribution in [0.3, 0.4) is 0 Å². The first-order valence-corrected chi connectivity index (χ1v) is 10.7. The average Bonchev–Trinajstić information content (AvgIpc) is 2.99. The zero-order valence-corrected chi connectivity index (χ0v) is 15.2. The molecule has 7 atom stereocenters. The minimum absolute atomic E-state index is 0.00915. The van der Waals surface area contributed by atoms with Gasteiger partial charge in [-0.1, -0.05) is 0 Å². The van der Waals surface area contributed by atoms with Gasteiger partial charge in [-0.25, -0.2) is 0 Å². The second kappa shape index (κ2) is 5.17. The third-order valence-electron chi connectivity index (χ3n) is 5.29. The van der Waals surface area contributed by atoms with Crippen LogP contribution in [0.4, 0.5) is 0 Å². The van der Waals surface area contributed by atoms with Crippen molar-refractivity contribution in [3.05, 3.63) is 0 Å². The minimum atomic E-state index is -0.584. The van der Waals surface area contributed by atoms with Crippen molar-refractivity contribution in [3.8, 4) is 0 Å². The monoisotopic (exact) mass is 506 g/mol. The molecule has 0 aromatic rings. The van der Waals surface area contributed by atoms with E-state index in [1.54, 1.807) is 0 Å². The maximum absolute atomic E-state index is 12.1. The van der Waals surface area contributed by atoms with Gasteiger partial charge >= 0.3 is 143 Å². The number of carbonyl (C=O) groups is 1. The Morgan fingerprint density at radius 1 is 1.50 bits per heavy atom. The van der Waals surface area contributed by atoms with Crippen LogP contribution in [0.15, 0.2) is 0 Å². The molecule has 1 spiro atoms. The van der Waals surface area contributed by atoms with Crippen LogP contribution in [0, 0.1) is 17.3 Å². The first-order valence-electron chi connectivity index (χ1n) is 7.09. The van der Waals surface area contributed by atoms with Gasteiger partial charge in [0, 0.05) is 0 Å². The molecule has 2 heterocycles. The van der Waals surface area contributed by atoms with Crippen molar-refractivity contribution in [1.82, 2.24) is 3.53 Å². The number of fused-ring (bicyclic) bond motifs is 3. The molecule has 7 heteroatoms. The van der Waals surface area contributed by atoms with Gasteiger partial charge in [0.05, 0.1) is 0 Å². The van der Waals surface area contributed by atoms with Crippen LogP contribution in [0.2, 0.25) is 0 Å². The SMILES string of the molecule is O=C(OC1CC2CC1CC21COC(O)C1)C(I)C1N[I-]1. The Hall–Kier alpha value is 0.810. The fraction of sp³-hybridized carbons (Fsp3) is 0.923. The Morgan fingerprint density at radius 3 is 2.85 bits per heavy atom. The fourth-order valence-corrected chi connectivity index (χ4v) is 7.37. The van der Waals surface area contributed by atoms with Crippen molar-refractivity contribution in [2.45, 2.75) is 46.1 Å². The molecule has 2 aliphatic heterocycles. The standard InChI is InChI=1S/C13H18I2NO4/c14-10(11-15-16-11)12(18)20-8-2-7-1-6(8)3-13(7)4-9(17)19-5-13/h6-11,16-17H,1-5H2/q-1. The second-order valence-corrected chi connectivity index (χ2v) is 10.4. The van der Waals surface area contributed by atoms with Gasteiger partial charge in [0.2, 0.25) is 0 Å². The molecule has 2 saturated carbocycles. The summed E-state index contributed by atoms with van der Waals surface area (Å²) in [7, 11) is 0. The summed E-state index contributed by atoms with van der Waals surface area (Å²) in [5, 5.41) is 9.62. The van der Waals surface area contributed by atoms with Gasteiger partial charge in [-0.15, -0.1) is 0 Å². The Labute approximate surface area is 142 Å². The molecule has 2 saturated heterocycles. The van der Waals surface area contributed by atoms with Gasteiger partial charge in [-0.2, -0.15) is 0 Å². The molecule has 4 fully saturated rings. The fourth-order valence-electron chi connectivity index (χ4n) is 4.27. The van der Waals surface area contributed by atoms with E-state index in [1.807, 2.05) is 0 Å². The molecule has 4 aliphatic rings. The summed E-state index contributed by atoms with van der Waals surface area (Å²) < 4.78 is 14.8. The van der Waals surface area contributed by atoms with Crippen LogP contribution in [0.1, 0.15) is 25.7 Å². The number of halogens is 2. The molecule has 0 aromatic carbocycles. The van der Waals surface area contributed by atoms with Gasteiger partial charge < -0.3 is 0 Å². The molecular weight excluding hydrogens is 488 g/mol. The van der Waals surface area contributed by atoms with Crippen molar-refractivity contribution in [2.75, 3.05) is 6.61 Å². The summed E-state index contributed by atoms with van der Waals surface area (Å²) >= 11 is 2.26. The van der Waals surface area contributed by atoms with E-state index in [4.69, 9.17) is 9.47 Å². The number of rotatable bonds is 3. The molecule has 20 heavy (non-hydrogen) atoms. The van der Waals surface area contributed by atoms with Crippen LogP contribution < -0.4 is 25.0 Å². The van der Waals surface area contributed by atoms with E-state index in [-0.39, 0.29) is 42.9 Å². The molecule has 2 N–H and O–H groups in total. The number of alkyl halides is 2. The van der Waals surface area contributed by atoms with Crippen molar-refractivity contribution in [1.29, 1.82) is 0 Å². The van der Waals surface area contributed by atoms with E-state index in [9.17, 15) is 9.90 Å². The first-order chi connectivity index (χ1) is 9.57. The van der Waals surface area contributed by atoms with E-state index in [0.717, 1.165) is 25.7 Å². The quantitative estimate of drug-likeness (QED) is 0.114. The number of aliphatic hydroxyl groups excluding tert-OH is 1. The van der Waals surface area contributed by atoms with Crippen molar-refractivity contribution < 1.29 is 40.9 Å². The van der Waals surface area contributed by atoms with Gasteiger partial charge in [0.15, 0.2) is 0 Å². The van der Waals surface area contributed by atoms with Crippen LogP contribution in [0.25, 0.3) is 0 Å². The summed E-state index contributed by atoms with van der Waals surface area (Å²) in [6.45, 7) is 0.682. The Morgan fingerprint density at radius 2 is 2.30 bits per heavy atom. The molecule has 0 aromatic heterocycles. The zero-order chi connectivity index (χ0) is 13.9. The van der Waals surface area contributed by atoms with E-state index in [1.165, 1.54) is 0 Å². The average molecular weight is 506 g/mol. The summed E-state index contributed by atoms with van der Waals surface area (Å²) in [6.07, 6.45) is 3.43. The summed E-state index contributed by atoms with van der Waals surface area (Å²) in [5.74, 6) is 1.000. The second-order valence-electron chi connectivity index (χ2n) is 6.46. The summed E-state index contributed by atoms with van der Waals surface area (Å²) in [5.41, 5.74) is 0.167. The van der Waals surface area contributed by atoms with Gasteiger partial charge in [0.25, 0.3) is 0 Å². The molecule has 0 radical (unpaired) electrons. The van der Waals surface area contributed by atoms with Gasteiger partial charge in [-0.3, -0.25) is 0 Å². The molecule has 114 valence electrons. The van der Waals surface area contributed by atoms with E-state index in [0.29, 0.717) is 22.5 Å². The first kappa shape index (κ1) is 14.4. The number of carbonyl (C=O) groups excluding carboxylic acids is 1.